The third-order valence-corrected chi connectivity index (χ3v) is 11.7. The van der Waals surface area contributed by atoms with Crippen molar-refractivity contribution in [2.24, 2.45) is 0 Å². The van der Waals surface area contributed by atoms with E-state index in [2.05, 4.69) is 19.2 Å². The average Bonchev–Trinajstić information content (AvgIpc) is 3.28. The summed E-state index contributed by atoms with van der Waals surface area (Å²) in [7, 11) is 0. The number of nitrogens with one attached hydrogen (secondary N) is 1. The van der Waals surface area contributed by atoms with Crippen molar-refractivity contribution >= 4 is 30.0 Å². The SMILES string of the molecule is CCCCCCCCCCCCCCCCCC(=O)OCC(COC(=O)[C@H](CC(=O)OCc1ccccc1)NC(=O)OC(C)(C)C)OC(=O)CCCCCCCCCCCCCCCCC. The molecule has 1 rings (SSSR count). The fourth-order valence-corrected chi connectivity index (χ4v) is 7.78. The van der Waals surface area contributed by atoms with Gasteiger partial charge in [-0.15, -0.1) is 0 Å². The Kier molecular flexibility index (Phi) is 38.0. The zero-order valence-corrected chi connectivity index (χ0v) is 42.6. The number of ether oxygens (including phenoxy) is 5. The van der Waals surface area contributed by atoms with E-state index in [-0.39, 0.29) is 26.1 Å². The minimum atomic E-state index is -1.45. The van der Waals surface area contributed by atoms with Gasteiger partial charge in [0.25, 0.3) is 0 Å². The molecule has 0 spiro atoms. The van der Waals surface area contributed by atoms with E-state index in [4.69, 9.17) is 23.7 Å². The molecule has 2 atom stereocenters. The maximum absolute atomic E-state index is 13.4. The Bertz CT molecular complexity index is 1360. The van der Waals surface area contributed by atoms with E-state index in [1.54, 1.807) is 32.9 Å². The predicted molar refractivity (Wildman–Crippen MR) is 265 cm³/mol. The van der Waals surface area contributed by atoms with Crippen LogP contribution in [0.25, 0.3) is 0 Å². The van der Waals surface area contributed by atoms with E-state index in [9.17, 15) is 24.0 Å². The van der Waals surface area contributed by atoms with Gasteiger partial charge in [0.1, 0.15) is 31.5 Å². The van der Waals surface area contributed by atoms with Crippen LogP contribution < -0.4 is 5.32 Å². The van der Waals surface area contributed by atoms with Gasteiger partial charge in [0.15, 0.2) is 6.10 Å². The molecule has 1 N–H and O–H groups in total. The molecule has 1 unspecified atom stereocenters. The minimum absolute atomic E-state index is 0.0178. The summed E-state index contributed by atoms with van der Waals surface area (Å²) < 4.78 is 27.5. The molecule has 0 bridgehead atoms. The lowest BCUT2D eigenvalue weighted by Gasteiger charge is -2.23. The minimum Gasteiger partial charge on any atom is -0.462 e. The normalized spacial score (nSPS) is 12.3. The molecule has 0 aliphatic heterocycles. The van der Waals surface area contributed by atoms with Gasteiger partial charge in [0.2, 0.25) is 0 Å². The second-order valence-electron chi connectivity index (χ2n) is 19.4. The number of amides is 1. The highest BCUT2D eigenvalue weighted by Crippen LogP contribution is 2.17. The van der Waals surface area contributed by atoms with Crippen LogP contribution in [0.4, 0.5) is 4.79 Å². The number of hydrogen-bond acceptors (Lipinski definition) is 10. The smallest absolute Gasteiger partial charge is 0.408 e. The number of rotatable bonds is 43. The molecule has 1 amide bonds. The summed E-state index contributed by atoms with van der Waals surface area (Å²) in [5.41, 5.74) is -0.109. The number of unbranched alkanes of at least 4 members (excludes halogenated alkanes) is 28. The van der Waals surface area contributed by atoms with Crippen molar-refractivity contribution in [3.8, 4) is 0 Å². The van der Waals surface area contributed by atoms with Gasteiger partial charge in [-0.05, 0) is 39.2 Å². The number of carbonyl (C=O) groups excluding carboxylic acids is 5. The van der Waals surface area contributed by atoms with Crippen molar-refractivity contribution < 1.29 is 47.7 Å². The van der Waals surface area contributed by atoms with Gasteiger partial charge >= 0.3 is 30.0 Å². The predicted octanol–water partition coefficient (Wildman–Crippen LogP) is 14.5. The summed E-state index contributed by atoms with van der Waals surface area (Å²) >= 11 is 0. The van der Waals surface area contributed by atoms with Crippen LogP contribution in [-0.4, -0.2) is 60.9 Å². The van der Waals surface area contributed by atoms with E-state index in [1.165, 1.54) is 141 Å². The first kappa shape index (κ1) is 60.4. The molecule has 0 saturated carbocycles. The Morgan fingerprint density at radius 2 is 0.879 bits per heavy atom. The average molecular weight is 930 g/mol. The summed E-state index contributed by atoms with van der Waals surface area (Å²) in [6.45, 7) is 8.78. The van der Waals surface area contributed by atoms with Gasteiger partial charge in [-0.1, -0.05) is 224 Å². The Hall–Kier alpha value is -3.63. The van der Waals surface area contributed by atoms with Crippen LogP contribution in [0.3, 0.4) is 0 Å². The molecule has 0 radical (unpaired) electrons. The number of hydrogen-bond donors (Lipinski definition) is 1. The van der Waals surface area contributed by atoms with Gasteiger partial charge in [0, 0.05) is 12.8 Å². The molecule has 11 heteroatoms. The van der Waals surface area contributed by atoms with E-state index < -0.39 is 60.7 Å². The molecular weight excluding hydrogens is 835 g/mol. The maximum Gasteiger partial charge on any atom is 0.408 e. The van der Waals surface area contributed by atoms with Crippen molar-refractivity contribution in [3.05, 3.63) is 35.9 Å². The zero-order valence-electron chi connectivity index (χ0n) is 42.6. The lowest BCUT2D eigenvalue weighted by molar-refractivity contribution is -0.168. The highest BCUT2D eigenvalue weighted by Gasteiger charge is 2.30. The fourth-order valence-electron chi connectivity index (χ4n) is 7.78. The van der Waals surface area contributed by atoms with E-state index >= 15 is 0 Å². The lowest BCUT2D eigenvalue weighted by atomic mass is 10.0. The molecule has 0 saturated heterocycles. The molecule has 380 valence electrons. The van der Waals surface area contributed by atoms with E-state index in [0.717, 1.165) is 44.1 Å². The van der Waals surface area contributed by atoms with Crippen LogP contribution in [-0.2, 0) is 49.5 Å². The lowest BCUT2D eigenvalue weighted by Crippen LogP contribution is -2.46. The Labute approximate surface area is 401 Å². The fraction of sp³-hybridized carbons (Fsp3) is 0.800. The van der Waals surface area contributed by atoms with Gasteiger partial charge in [0.05, 0.1) is 6.42 Å². The first-order valence-corrected chi connectivity index (χ1v) is 26.6. The van der Waals surface area contributed by atoms with Crippen molar-refractivity contribution in [3.63, 3.8) is 0 Å². The molecular formula is C55H95NO10. The number of alkyl carbamates (subject to hydrolysis) is 1. The molecule has 1 aromatic carbocycles. The summed E-state index contributed by atoms with van der Waals surface area (Å²) in [6.07, 6.45) is 34.6. The Morgan fingerprint density at radius 1 is 0.485 bits per heavy atom. The van der Waals surface area contributed by atoms with E-state index in [1.807, 2.05) is 18.2 Å². The molecule has 0 aliphatic rings. The van der Waals surface area contributed by atoms with Crippen LogP contribution in [0, 0.1) is 0 Å². The van der Waals surface area contributed by atoms with Gasteiger partial charge in [-0.25, -0.2) is 9.59 Å². The standard InChI is InChI=1S/C55H95NO10/c1-6-8-10-12-14-16-18-20-22-24-26-28-30-32-37-41-50(57)63-45-48(65-51(58)42-38-33-31-29-27-25-23-21-19-17-15-13-11-9-7-2)46-64-53(60)49(56-54(61)66-55(3,4)5)43-52(59)62-44-47-39-35-34-36-40-47/h34-36,39-40,48-49H,6-33,37-38,41-46H2,1-5H3,(H,56,61)/t48?,49-/m0/s1. The molecule has 0 aromatic heterocycles. The second-order valence-corrected chi connectivity index (χ2v) is 19.4. The summed E-state index contributed by atoms with van der Waals surface area (Å²) in [5, 5.41) is 2.42. The molecule has 0 fully saturated rings. The van der Waals surface area contributed by atoms with Crippen LogP contribution >= 0.6 is 0 Å². The summed E-state index contributed by atoms with van der Waals surface area (Å²) in [5.74, 6) is -2.58. The Morgan fingerprint density at radius 3 is 1.30 bits per heavy atom. The van der Waals surface area contributed by atoms with Crippen molar-refractivity contribution in [1.82, 2.24) is 5.32 Å². The summed E-state index contributed by atoms with van der Waals surface area (Å²) in [6, 6.07) is 7.62. The van der Waals surface area contributed by atoms with Gasteiger partial charge in [-0.3, -0.25) is 14.4 Å². The van der Waals surface area contributed by atoms with Crippen molar-refractivity contribution in [2.45, 2.75) is 271 Å². The number of carbonyl (C=O) groups is 5. The highest BCUT2D eigenvalue weighted by atomic mass is 16.6. The Balaban J connectivity index is 2.62. The van der Waals surface area contributed by atoms with Gasteiger partial charge in [-0.2, -0.15) is 0 Å². The van der Waals surface area contributed by atoms with E-state index in [0.29, 0.717) is 12.8 Å². The van der Waals surface area contributed by atoms with Crippen molar-refractivity contribution in [2.75, 3.05) is 13.2 Å². The third kappa shape index (κ3) is 38.5. The van der Waals surface area contributed by atoms with Crippen LogP contribution in [0.2, 0.25) is 0 Å². The second kappa shape index (κ2) is 41.5. The quantitative estimate of drug-likeness (QED) is 0.0382. The zero-order chi connectivity index (χ0) is 48.4. The molecule has 1 aromatic rings. The topological polar surface area (TPSA) is 144 Å². The van der Waals surface area contributed by atoms with Crippen LogP contribution in [0.15, 0.2) is 30.3 Å². The first-order chi connectivity index (χ1) is 31.9. The largest absolute Gasteiger partial charge is 0.462 e. The maximum atomic E-state index is 13.4. The monoisotopic (exact) mass is 930 g/mol. The summed E-state index contributed by atoms with van der Waals surface area (Å²) in [4.78, 5) is 64.8. The molecule has 11 nitrogen and oxygen atoms in total. The van der Waals surface area contributed by atoms with Gasteiger partial charge < -0.3 is 29.0 Å². The van der Waals surface area contributed by atoms with Crippen molar-refractivity contribution in [1.29, 1.82) is 0 Å². The highest BCUT2D eigenvalue weighted by molar-refractivity contribution is 5.86. The number of benzene rings is 1. The number of esters is 4. The van der Waals surface area contributed by atoms with Crippen LogP contribution in [0.5, 0.6) is 0 Å². The first-order valence-electron chi connectivity index (χ1n) is 26.6. The molecule has 0 aliphatic carbocycles. The molecule has 66 heavy (non-hydrogen) atoms. The molecule has 0 heterocycles. The van der Waals surface area contributed by atoms with Crippen LogP contribution in [0.1, 0.15) is 252 Å². The third-order valence-electron chi connectivity index (χ3n) is 11.7.